The molecule has 3 aromatic rings. The van der Waals surface area contributed by atoms with Crippen molar-refractivity contribution in [3.05, 3.63) is 42.5 Å². The first kappa shape index (κ1) is 9.78. The molecular weight excluding hydrogens is 216 g/mol. The topological polar surface area (TPSA) is 60.4 Å². The minimum absolute atomic E-state index is 0.0577. The molecule has 1 radical (unpaired) electrons. The van der Waals surface area contributed by atoms with Gasteiger partial charge in [-0.3, -0.25) is 5.11 Å². The number of hydrogen-bond acceptors (Lipinski definition) is 2. The van der Waals surface area contributed by atoms with Gasteiger partial charge in [-0.05, 0) is 29.0 Å². The normalized spacial score (nSPS) is 11.1. The molecule has 0 bridgehead atoms. The Balaban J connectivity index is 2.64. The molecule has 83 valence electrons. The lowest BCUT2D eigenvalue weighted by molar-refractivity contribution is 0.361. The van der Waals surface area contributed by atoms with Crippen molar-refractivity contribution in [1.82, 2.24) is 0 Å². The second-order valence-corrected chi connectivity index (χ2v) is 3.96. The maximum atomic E-state index is 12.2. The van der Waals surface area contributed by atoms with Crippen molar-refractivity contribution < 1.29 is 15.3 Å². The molecule has 0 fully saturated rings. The van der Waals surface area contributed by atoms with Gasteiger partial charge in [0.05, 0.1) is 10.8 Å². The molecule has 0 atom stereocenters. The van der Waals surface area contributed by atoms with Crippen LogP contribution in [0.4, 0.5) is 0 Å². The maximum Gasteiger partial charge on any atom is 0.201 e. The largest absolute Gasteiger partial charge is 0.507 e. The average molecular weight is 225 g/mol. The van der Waals surface area contributed by atoms with Crippen LogP contribution in [0.15, 0.2) is 42.5 Å². The van der Waals surface area contributed by atoms with E-state index >= 15 is 0 Å². The number of aromatic hydroxyl groups is 2. The van der Waals surface area contributed by atoms with E-state index in [-0.39, 0.29) is 28.0 Å². The Hall–Kier alpha value is -2.42. The summed E-state index contributed by atoms with van der Waals surface area (Å²) >= 11 is 0. The van der Waals surface area contributed by atoms with Gasteiger partial charge in [0, 0.05) is 0 Å². The monoisotopic (exact) mass is 225 g/mol. The summed E-state index contributed by atoms with van der Waals surface area (Å²) < 4.78 is 0. The zero-order valence-electron chi connectivity index (χ0n) is 8.84. The van der Waals surface area contributed by atoms with Crippen molar-refractivity contribution in [2.45, 2.75) is 0 Å². The van der Waals surface area contributed by atoms with Crippen molar-refractivity contribution in [2.24, 2.45) is 0 Å². The molecule has 0 aliphatic rings. The number of rotatable bonds is 0. The Kier molecular flexibility index (Phi) is 1.89. The number of fused-ring (bicyclic) bond motifs is 2. The van der Waals surface area contributed by atoms with Crippen LogP contribution in [-0.2, 0) is 5.11 Å². The summed E-state index contributed by atoms with van der Waals surface area (Å²) in [7, 11) is 0. The zero-order chi connectivity index (χ0) is 12.0. The second kappa shape index (κ2) is 3.28. The molecule has 3 aromatic carbocycles. The minimum Gasteiger partial charge on any atom is -0.507 e. The van der Waals surface area contributed by atoms with E-state index in [0.29, 0.717) is 10.8 Å². The molecule has 3 heteroatoms. The maximum absolute atomic E-state index is 12.2. The van der Waals surface area contributed by atoms with Crippen LogP contribution in [-0.4, -0.2) is 10.2 Å². The van der Waals surface area contributed by atoms with E-state index in [1.165, 1.54) is 12.1 Å². The Morgan fingerprint density at radius 3 is 1.71 bits per heavy atom. The van der Waals surface area contributed by atoms with Crippen LogP contribution in [0.3, 0.4) is 0 Å². The fourth-order valence-corrected chi connectivity index (χ4v) is 2.14. The number of benzene rings is 3. The van der Waals surface area contributed by atoms with Crippen molar-refractivity contribution in [1.29, 1.82) is 0 Å². The van der Waals surface area contributed by atoms with Crippen LogP contribution in [0.5, 0.6) is 17.2 Å². The fourth-order valence-electron chi connectivity index (χ4n) is 2.14. The SMILES string of the molecule is [O]c1c2c(O)cccc2cc2cccc(O)c12. The summed E-state index contributed by atoms with van der Waals surface area (Å²) in [6, 6.07) is 11.6. The van der Waals surface area contributed by atoms with Gasteiger partial charge in [0.15, 0.2) is 0 Å². The quantitative estimate of drug-likeness (QED) is 0.575. The first-order valence-corrected chi connectivity index (χ1v) is 5.22. The predicted molar refractivity (Wildman–Crippen MR) is 64.9 cm³/mol. The molecule has 17 heavy (non-hydrogen) atoms. The van der Waals surface area contributed by atoms with Crippen LogP contribution in [0, 0.1) is 0 Å². The number of phenolic OH excluding ortho intramolecular Hbond substituents is 2. The van der Waals surface area contributed by atoms with Gasteiger partial charge in [-0.15, -0.1) is 0 Å². The lowest BCUT2D eigenvalue weighted by atomic mass is 10.0. The van der Waals surface area contributed by atoms with E-state index in [4.69, 9.17) is 0 Å². The van der Waals surface area contributed by atoms with Crippen molar-refractivity contribution in [2.75, 3.05) is 0 Å². The summed E-state index contributed by atoms with van der Waals surface area (Å²) in [6.45, 7) is 0. The van der Waals surface area contributed by atoms with Gasteiger partial charge in [-0.2, -0.15) is 0 Å². The Bertz CT molecular complexity index is 672. The van der Waals surface area contributed by atoms with Gasteiger partial charge in [-0.1, -0.05) is 24.3 Å². The smallest absolute Gasteiger partial charge is 0.201 e. The third-order valence-corrected chi connectivity index (χ3v) is 2.91. The lowest BCUT2D eigenvalue weighted by Gasteiger charge is -2.07. The predicted octanol–water partition coefficient (Wildman–Crippen LogP) is 3.55. The molecule has 0 saturated carbocycles. The van der Waals surface area contributed by atoms with E-state index in [1.807, 2.05) is 0 Å². The third kappa shape index (κ3) is 1.29. The molecule has 0 aliphatic heterocycles. The molecule has 0 aliphatic carbocycles. The lowest BCUT2D eigenvalue weighted by Crippen LogP contribution is -1.79. The highest BCUT2D eigenvalue weighted by Gasteiger charge is 2.14. The zero-order valence-corrected chi connectivity index (χ0v) is 8.84. The molecule has 0 saturated heterocycles. The number of phenols is 2. The van der Waals surface area contributed by atoms with E-state index in [9.17, 15) is 15.3 Å². The molecule has 0 heterocycles. The molecule has 0 spiro atoms. The standard InChI is InChI=1S/C14H9O3/c15-10-5-1-3-8-7-9-4-2-6-11(16)13(9)14(17)12(8)10/h1-7,15-16H. The van der Waals surface area contributed by atoms with Gasteiger partial charge in [-0.25, -0.2) is 0 Å². The summed E-state index contributed by atoms with van der Waals surface area (Å²) in [5, 5.41) is 33.5. The van der Waals surface area contributed by atoms with E-state index in [2.05, 4.69) is 0 Å². The minimum atomic E-state index is -0.339. The van der Waals surface area contributed by atoms with Gasteiger partial charge >= 0.3 is 0 Å². The van der Waals surface area contributed by atoms with Crippen molar-refractivity contribution in [3.8, 4) is 17.2 Å². The fraction of sp³-hybridized carbons (Fsp3) is 0. The van der Waals surface area contributed by atoms with Crippen LogP contribution >= 0.6 is 0 Å². The molecule has 3 nitrogen and oxygen atoms in total. The summed E-state index contributed by atoms with van der Waals surface area (Å²) in [5.74, 6) is -0.455. The summed E-state index contributed by atoms with van der Waals surface area (Å²) in [5.41, 5.74) is 0. The molecule has 0 aromatic heterocycles. The third-order valence-electron chi connectivity index (χ3n) is 2.91. The second-order valence-electron chi connectivity index (χ2n) is 3.96. The van der Waals surface area contributed by atoms with Crippen molar-refractivity contribution in [3.63, 3.8) is 0 Å². The van der Waals surface area contributed by atoms with Gasteiger partial charge in [0.1, 0.15) is 11.5 Å². The van der Waals surface area contributed by atoms with Crippen LogP contribution in [0.1, 0.15) is 0 Å². The van der Waals surface area contributed by atoms with Crippen LogP contribution < -0.4 is 0 Å². The summed E-state index contributed by atoms with van der Waals surface area (Å²) in [4.78, 5) is 0. The Morgan fingerprint density at radius 1 is 0.765 bits per heavy atom. The molecule has 2 N–H and O–H groups in total. The first-order valence-electron chi connectivity index (χ1n) is 5.22. The van der Waals surface area contributed by atoms with Gasteiger partial charge < -0.3 is 10.2 Å². The highest BCUT2D eigenvalue weighted by atomic mass is 16.3. The van der Waals surface area contributed by atoms with E-state index in [0.717, 1.165) is 0 Å². The molecule has 0 amide bonds. The van der Waals surface area contributed by atoms with E-state index < -0.39 is 0 Å². The summed E-state index contributed by atoms with van der Waals surface area (Å²) in [6.07, 6.45) is 0. The molecular formula is C14H9O3. The van der Waals surface area contributed by atoms with Crippen molar-refractivity contribution >= 4 is 21.5 Å². The molecule has 0 unspecified atom stereocenters. The highest BCUT2D eigenvalue weighted by Crippen LogP contribution is 2.42. The van der Waals surface area contributed by atoms with E-state index in [1.54, 1.807) is 30.3 Å². The highest BCUT2D eigenvalue weighted by molar-refractivity contribution is 6.09. The Morgan fingerprint density at radius 2 is 1.24 bits per heavy atom. The van der Waals surface area contributed by atoms with Gasteiger partial charge in [0.25, 0.3) is 0 Å². The average Bonchev–Trinajstić information content (AvgIpc) is 2.28. The van der Waals surface area contributed by atoms with Crippen LogP contribution in [0.2, 0.25) is 0 Å². The number of hydrogen-bond donors (Lipinski definition) is 2. The molecule has 3 rings (SSSR count). The first-order chi connectivity index (χ1) is 8.18. The van der Waals surface area contributed by atoms with Crippen LogP contribution in [0.25, 0.3) is 21.5 Å². The van der Waals surface area contributed by atoms with Gasteiger partial charge in [0.2, 0.25) is 5.75 Å². The Labute approximate surface area is 97.2 Å².